The van der Waals surface area contributed by atoms with Crippen LogP contribution in [0.2, 0.25) is 0 Å². The molecule has 0 amide bonds. The normalized spacial score (nSPS) is 18.0. The lowest BCUT2D eigenvalue weighted by Crippen LogP contribution is -2.30. The van der Waals surface area contributed by atoms with Gasteiger partial charge in [-0.3, -0.25) is 0 Å². The number of fused-ring (bicyclic) bond motifs is 1. The number of nitrogens with zero attached hydrogens (tertiary/aromatic N) is 3. The van der Waals surface area contributed by atoms with Crippen molar-refractivity contribution >= 4 is 0 Å². The van der Waals surface area contributed by atoms with Gasteiger partial charge in [0.1, 0.15) is 25.4 Å². The predicted octanol–water partition coefficient (Wildman–Crippen LogP) is 1.51. The molecule has 0 unspecified atom stereocenters. The van der Waals surface area contributed by atoms with Crippen molar-refractivity contribution in [2.24, 2.45) is 0 Å². The van der Waals surface area contributed by atoms with Crippen molar-refractivity contribution in [2.45, 2.75) is 19.1 Å². The van der Waals surface area contributed by atoms with Gasteiger partial charge in [0.2, 0.25) is 0 Å². The number of benzene rings is 1. The summed E-state index contributed by atoms with van der Waals surface area (Å²) in [4.78, 5) is 0. The van der Waals surface area contributed by atoms with Gasteiger partial charge in [-0.1, -0.05) is 12.1 Å². The standard InChI is InChI=1S/C12H13N3O2/c1-2-4-12-11(3-1)16-7-10(17-12)5-6-15-8-13-14-9-15/h1-4,8-10H,5-7H2/t10-/m1/s1. The summed E-state index contributed by atoms with van der Waals surface area (Å²) in [6.45, 7) is 1.43. The quantitative estimate of drug-likeness (QED) is 0.803. The zero-order chi connectivity index (χ0) is 11.5. The van der Waals surface area contributed by atoms with Crippen molar-refractivity contribution in [2.75, 3.05) is 6.61 Å². The Morgan fingerprint density at radius 2 is 1.94 bits per heavy atom. The van der Waals surface area contributed by atoms with E-state index in [1.165, 1.54) is 0 Å². The summed E-state index contributed by atoms with van der Waals surface area (Å²) in [5, 5.41) is 7.53. The van der Waals surface area contributed by atoms with Crippen LogP contribution in [-0.2, 0) is 6.54 Å². The molecule has 0 bridgehead atoms. The summed E-state index contributed by atoms with van der Waals surface area (Å²) in [5.41, 5.74) is 0. The van der Waals surface area contributed by atoms with Gasteiger partial charge >= 0.3 is 0 Å². The van der Waals surface area contributed by atoms with Gasteiger partial charge in [-0.15, -0.1) is 10.2 Å². The van der Waals surface area contributed by atoms with Gasteiger partial charge in [0, 0.05) is 13.0 Å². The first-order chi connectivity index (χ1) is 8.42. The highest BCUT2D eigenvalue weighted by Crippen LogP contribution is 2.31. The molecule has 17 heavy (non-hydrogen) atoms. The minimum absolute atomic E-state index is 0.0901. The summed E-state index contributed by atoms with van der Waals surface area (Å²) in [6, 6.07) is 7.75. The van der Waals surface area contributed by atoms with E-state index < -0.39 is 0 Å². The van der Waals surface area contributed by atoms with Crippen LogP contribution < -0.4 is 9.47 Å². The van der Waals surface area contributed by atoms with E-state index in [-0.39, 0.29) is 6.10 Å². The third-order valence-electron chi connectivity index (χ3n) is 2.74. The Bertz CT molecular complexity index is 484. The SMILES string of the molecule is c1ccc2c(c1)OC[C@@H](CCn1cnnc1)O2. The van der Waals surface area contributed by atoms with E-state index in [0.717, 1.165) is 24.5 Å². The van der Waals surface area contributed by atoms with Crippen LogP contribution in [0.5, 0.6) is 11.5 Å². The minimum Gasteiger partial charge on any atom is -0.486 e. The number of ether oxygens (including phenoxy) is 2. The average Bonchev–Trinajstić information content (AvgIpc) is 2.89. The number of hydrogen-bond acceptors (Lipinski definition) is 4. The average molecular weight is 231 g/mol. The fraction of sp³-hybridized carbons (Fsp3) is 0.333. The van der Waals surface area contributed by atoms with Gasteiger partial charge < -0.3 is 14.0 Å². The molecule has 0 saturated carbocycles. The van der Waals surface area contributed by atoms with Crippen LogP contribution in [0.15, 0.2) is 36.9 Å². The van der Waals surface area contributed by atoms with Gasteiger partial charge in [-0.05, 0) is 12.1 Å². The molecule has 1 aromatic heterocycles. The topological polar surface area (TPSA) is 49.2 Å². The zero-order valence-electron chi connectivity index (χ0n) is 9.32. The second-order valence-electron chi connectivity index (χ2n) is 3.99. The number of para-hydroxylation sites is 2. The molecule has 1 atom stereocenters. The molecule has 0 fully saturated rings. The summed E-state index contributed by atoms with van der Waals surface area (Å²) in [6.07, 6.45) is 4.38. The summed E-state index contributed by atoms with van der Waals surface area (Å²) in [7, 11) is 0. The van der Waals surface area contributed by atoms with Crippen molar-refractivity contribution < 1.29 is 9.47 Å². The Kier molecular flexibility index (Phi) is 2.65. The Balaban J connectivity index is 1.61. The van der Waals surface area contributed by atoms with Crippen molar-refractivity contribution in [1.29, 1.82) is 0 Å². The molecular formula is C12H13N3O2. The van der Waals surface area contributed by atoms with Gasteiger partial charge in [0.15, 0.2) is 11.5 Å². The molecule has 5 nitrogen and oxygen atoms in total. The molecule has 0 aliphatic carbocycles. The Labute approximate surface area is 99.0 Å². The van der Waals surface area contributed by atoms with Crippen molar-refractivity contribution in [3.05, 3.63) is 36.9 Å². The van der Waals surface area contributed by atoms with Crippen LogP contribution in [0.4, 0.5) is 0 Å². The smallest absolute Gasteiger partial charge is 0.161 e. The van der Waals surface area contributed by atoms with E-state index in [0.29, 0.717) is 6.61 Å². The first-order valence-electron chi connectivity index (χ1n) is 5.63. The van der Waals surface area contributed by atoms with Crippen molar-refractivity contribution in [3.8, 4) is 11.5 Å². The molecule has 3 rings (SSSR count). The van der Waals surface area contributed by atoms with Crippen LogP contribution >= 0.6 is 0 Å². The summed E-state index contributed by atoms with van der Waals surface area (Å²) >= 11 is 0. The number of aryl methyl sites for hydroxylation is 1. The zero-order valence-corrected chi connectivity index (χ0v) is 9.32. The number of hydrogen-bond donors (Lipinski definition) is 0. The lowest BCUT2D eigenvalue weighted by molar-refractivity contribution is 0.0816. The Hall–Kier alpha value is -2.04. The molecule has 5 heteroatoms. The van der Waals surface area contributed by atoms with E-state index >= 15 is 0 Å². The van der Waals surface area contributed by atoms with Gasteiger partial charge in [-0.2, -0.15) is 0 Å². The predicted molar refractivity (Wildman–Crippen MR) is 61.0 cm³/mol. The molecule has 2 aromatic rings. The van der Waals surface area contributed by atoms with Crippen molar-refractivity contribution in [1.82, 2.24) is 14.8 Å². The summed E-state index contributed by atoms with van der Waals surface area (Å²) < 4.78 is 13.4. The third-order valence-corrected chi connectivity index (χ3v) is 2.74. The van der Waals surface area contributed by atoms with E-state index in [1.807, 2.05) is 28.8 Å². The molecule has 0 radical (unpaired) electrons. The van der Waals surface area contributed by atoms with Crippen LogP contribution in [0, 0.1) is 0 Å². The van der Waals surface area contributed by atoms with Gasteiger partial charge in [-0.25, -0.2) is 0 Å². The van der Waals surface area contributed by atoms with E-state index in [4.69, 9.17) is 9.47 Å². The Morgan fingerprint density at radius 3 is 2.76 bits per heavy atom. The largest absolute Gasteiger partial charge is 0.486 e. The fourth-order valence-corrected chi connectivity index (χ4v) is 1.84. The van der Waals surface area contributed by atoms with Crippen LogP contribution in [0.1, 0.15) is 6.42 Å². The monoisotopic (exact) mass is 231 g/mol. The van der Waals surface area contributed by atoms with Crippen molar-refractivity contribution in [3.63, 3.8) is 0 Å². The second kappa shape index (κ2) is 4.45. The molecular weight excluding hydrogens is 218 g/mol. The van der Waals surface area contributed by atoms with Crippen LogP contribution in [-0.4, -0.2) is 27.5 Å². The molecule has 88 valence electrons. The first-order valence-corrected chi connectivity index (χ1v) is 5.63. The maximum absolute atomic E-state index is 5.85. The highest BCUT2D eigenvalue weighted by Gasteiger charge is 2.20. The molecule has 1 aliphatic rings. The minimum atomic E-state index is 0.0901. The molecule has 2 heterocycles. The number of aromatic nitrogens is 3. The highest BCUT2D eigenvalue weighted by atomic mass is 16.6. The van der Waals surface area contributed by atoms with Gasteiger partial charge in [0.05, 0.1) is 0 Å². The lowest BCUT2D eigenvalue weighted by atomic mass is 10.2. The second-order valence-corrected chi connectivity index (χ2v) is 3.99. The maximum atomic E-state index is 5.85. The van der Waals surface area contributed by atoms with Gasteiger partial charge in [0.25, 0.3) is 0 Å². The Morgan fingerprint density at radius 1 is 1.18 bits per heavy atom. The molecule has 0 spiro atoms. The fourth-order valence-electron chi connectivity index (χ4n) is 1.84. The van der Waals surface area contributed by atoms with E-state index in [9.17, 15) is 0 Å². The lowest BCUT2D eigenvalue weighted by Gasteiger charge is -2.26. The molecule has 1 aliphatic heterocycles. The van der Waals surface area contributed by atoms with E-state index in [2.05, 4.69) is 10.2 Å². The summed E-state index contributed by atoms with van der Waals surface area (Å²) in [5.74, 6) is 1.65. The first kappa shape index (κ1) is 10.1. The molecule has 0 N–H and O–H groups in total. The van der Waals surface area contributed by atoms with Crippen LogP contribution in [0.3, 0.4) is 0 Å². The van der Waals surface area contributed by atoms with E-state index in [1.54, 1.807) is 12.7 Å². The maximum Gasteiger partial charge on any atom is 0.161 e. The molecule has 0 saturated heterocycles. The highest BCUT2D eigenvalue weighted by molar-refractivity contribution is 5.40. The third kappa shape index (κ3) is 2.22. The van der Waals surface area contributed by atoms with Crippen LogP contribution in [0.25, 0.3) is 0 Å². The number of rotatable bonds is 3. The molecule has 1 aromatic carbocycles.